The van der Waals surface area contributed by atoms with Crippen LogP contribution in [0.1, 0.15) is 13.8 Å². The molecule has 0 radical (unpaired) electrons. The predicted octanol–water partition coefficient (Wildman–Crippen LogP) is 0.535. The van der Waals surface area contributed by atoms with Crippen LogP contribution in [0.5, 0.6) is 0 Å². The molecule has 0 aromatic heterocycles. The molecule has 16 heavy (non-hydrogen) atoms. The fourth-order valence-corrected chi connectivity index (χ4v) is 3.24. The van der Waals surface area contributed by atoms with Gasteiger partial charge < -0.3 is 14.8 Å². The molecule has 2 atom stereocenters. The summed E-state index contributed by atoms with van der Waals surface area (Å²) in [5.41, 5.74) is 0.253. The summed E-state index contributed by atoms with van der Waals surface area (Å²) in [5, 5.41) is 3.49. The molecular weight excluding hydrogens is 204 g/mol. The first kappa shape index (κ1) is 12.3. The first-order chi connectivity index (χ1) is 7.59. The van der Waals surface area contributed by atoms with Crippen molar-refractivity contribution in [3.05, 3.63) is 0 Å². The smallest absolute Gasteiger partial charge is 0.169 e. The molecule has 2 fully saturated rings. The quantitative estimate of drug-likeness (QED) is 0.712. The van der Waals surface area contributed by atoms with Crippen molar-refractivity contribution in [2.24, 2.45) is 11.8 Å². The van der Waals surface area contributed by atoms with E-state index in [2.05, 4.69) is 24.1 Å². The first-order valence-corrected chi connectivity index (χ1v) is 6.11. The lowest BCUT2D eigenvalue weighted by atomic mass is 9.85. The molecule has 2 heterocycles. The molecule has 1 N–H and O–H groups in total. The van der Waals surface area contributed by atoms with Gasteiger partial charge in [-0.15, -0.1) is 0 Å². The minimum atomic E-state index is -0.105. The fraction of sp³-hybridized carbons (Fsp3) is 1.00. The number of hydrogen-bond acceptors (Lipinski definition) is 4. The second kappa shape index (κ2) is 4.61. The maximum absolute atomic E-state index is 5.30. The number of ether oxygens (including phenoxy) is 2. The van der Waals surface area contributed by atoms with Crippen LogP contribution in [0.25, 0.3) is 0 Å². The monoisotopic (exact) mass is 228 g/mol. The van der Waals surface area contributed by atoms with Gasteiger partial charge in [-0.1, -0.05) is 0 Å². The van der Waals surface area contributed by atoms with Crippen LogP contribution in [0.15, 0.2) is 0 Å². The lowest BCUT2D eigenvalue weighted by Crippen LogP contribution is -2.48. The van der Waals surface area contributed by atoms with Crippen LogP contribution in [0, 0.1) is 11.8 Å². The molecule has 2 aliphatic heterocycles. The standard InChI is InChI=1S/C12H24N2O2/c1-12(2)10-6-13-5-9(10)7-14(12)8-11(15-3)16-4/h9-11,13H,5-8H2,1-4H3. The Kier molecular flexibility index (Phi) is 3.54. The van der Waals surface area contributed by atoms with Gasteiger partial charge in [0.15, 0.2) is 6.29 Å². The van der Waals surface area contributed by atoms with Crippen molar-refractivity contribution < 1.29 is 9.47 Å². The average Bonchev–Trinajstić information content (AvgIpc) is 2.79. The van der Waals surface area contributed by atoms with E-state index >= 15 is 0 Å². The highest BCUT2D eigenvalue weighted by Crippen LogP contribution is 2.40. The van der Waals surface area contributed by atoms with Gasteiger partial charge in [0, 0.05) is 32.8 Å². The van der Waals surface area contributed by atoms with Gasteiger partial charge in [0.25, 0.3) is 0 Å². The maximum Gasteiger partial charge on any atom is 0.169 e. The number of methoxy groups -OCH3 is 2. The van der Waals surface area contributed by atoms with Gasteiger partial charge in [-0.05, 0) is 32.2 Å². The average molecular weight is 228 g/mol. The number of fused-ring (bicyclic) bond motifs is 1. The number of likely N-dealkylation sites (tertiary alicyclic amines) is 1. The molecule has 2 aliphatic rings. The van der Waals surface area contributed by atoms with Gasteiger partial charge in [-0.2, -0.15) is 0 Å². The number of nitrogens with zero attached hydrogens (tertiary/aromatic N) is 1. The summed E-state index contributed by atoms with van der Waals surface area (Å²) < 4.78 is 10.6. The van der Waals surface area contributed by atoms with Crippen molar-refractivity contribution in [3.63, 3.8) is 0 Å². The molecule has 0 saturated carbocycles. The number of hydrogen-bond donors (Lipinski definition) is 1. The van der Waals surface area contributed by atoms with Crippen molar-refractivity contribution in [3.8, 4) is 0 Å². The molecule has 4 heteroatoms. The molecular formula is C12H24N2O2. The predicted molar refractivity (Wildman–Crippen MR) is 63.3 cm³/mol. The molecule has 2 saturated heterocycles. The van der Waals surface area contributed by atoms with Crippen LogP contribution in [-0.4, -0.2) is 57.1 Å². The third kappa shape index (κ3) is 1.99. The minimum Gasteiger partial charge on any atom is -0.355 e. The maximum atomic E-state index is 5.30. The SMILES string of the molecule is COC(CN1CC2CNCC2C1(C)C)OC. The van der Waals surface area contributed by atoms with Crippen molar-refractivity contribution >= 4 is 0 Å². The van der Waals surface area contributed by atoms with E-state index in [0.29, 0.717) is 0 Å². The molecule has 4 nitrogen and oxygen atoms in total. The second-order valence-corrected chi connectivity index (χ2v) is 5.48. The Morgan fingerprint density at radius 2 is 2.00 bits per heavy atom. The Hall–Kier alpha value is -0.160. The largest absolute Gasteiger partial charge is 0.355 e. The molecule has 2 rings (SSSR count). The van der Waals surface area contributed by atoms with Gasteiger partial charge in [-0.25, -0.2) is 0 Å². The van der Waals surface area contributed by atoms with Gasteiger partial charge in [0.2, 0.25) is 0 Å². The third-order valence-electron chi connectivity index (χ3n) is 4.41. The minimum absolute atomic E-state index is 0.105. The molecule has 0 spiro atoms. The molecule has 0 aromatic carbocycles. The van der Waals surface area contributed by atoms with Crippen LogP contribution in [0.2, 0.25) is 0 Å². The normalized spacial score (nSPS) is 33.6. The van der Waals surface area contributed by atoms with Crippen molar-refractivity contribution in [1.82, 2.24) is 10.2 Å². The number of nitrogens with one attached hydrogen (secondary N) is 1. The zero-order chi connectivity index (χ0) is 11.8. The van der Waals surface area contributed by atoms with E-state index in [1.165, 1.54) is 0 Å². The summed E-state index contributed by atoms with van der Waals surface area (Å²) in [5.74, 6) is 1.56. The topological polar surface area (TPSA) is 33.7 Å². The highest BCUT2D eigenvalue weighted by atomic mass is 16.7. The van der Waals surface area contributed by atoms with Crippen LogP contribution in [0.4, 0.5) is 0 Å². The molecule has 0 bridgehead atoms. The lowest BCUT2D eigenvalue weighted by Gasteiger charge is -2.37. The molecule has 0 aromatic rings. The van der Waals surface area contributed by atoms with Crippen LogP contribution >= 0.6 is 0 Å². The Morgan fingerprint density at radius 1 is 1.31 bits per heavy atom. The Balaban J connectivity index is 2.01. The van der Waals surface area contributed by atoms with E-state index in [1.807, 2.05) is 0 Å². The summed E-state index contributed by atoms with van der Waals surface area (Å²) in [6.07, 6.45) is -0.105. The van der Waals surface area contributed by atoms with Crippen LogP contribution in [0.3, 0.4) is 0 Å². The van der Waals surface area contributed by atoms with E-state index < -0.39 is 0 Å². The zero-order valence-electron chi connectivity index (χ0n) is 10.8. The summed E-state index contributed by atoms with van der Waals surface area (Å²) in [7, 11) is 3.42. The van der Waals surface area contributed by atoms with Gasteiger partial charge in [-0.3, -0.25) is 4.90 Å². The van der Waals surface area contributed by atoms with Gasteiger partial charge in [0.1, 0.15) is 0 Å². The second-order valence-electron chi connectivity index (χ2n) is 5.48. The number of rotatable bonds is 4. The van der Waals surface area contributed by atoms with Crippen LogP contribution in [-0.2, 0) is 9.47 Å². The van der Waals surface area contributed by atoms with E-state index in [0.717, 1.165) is 38.0 Å². The summed E-state index contributed by atoms with van der Waals surface area (Å²) in [6.45, 7) is 9.02. The zero-order valence-corrected chi connectivity index (χ0v) is 10.8. The van der Waals surface area contributed by atoms with Crippen molar-refractivity contribution in [2.75, 3.05) is 40.4 Å². The van der Waals surface area contributed by atoms with Gasteiger partial charge >= 0.3 is 0 Å². The fourth-order valence-electron chi connectivity index (χ4n) is 3.24. The molecule has 0 amide bonds. The van der Waals surface area contributed by atoms with E-state index in [4.69, 9.17) is 9.47 Å². The highest BCUT2D eigenvalue weighted by Gasteiger charge is 2.49. The lowest BCUT2D eigenvalue weighted by molar-refractivity contribution is -0.123. The van der Waals surface area contributed by atoms with Crippen LogP contribution < -0.4 is 5.32 Å². The third-order valence-corrected chi connectivity index (χ3v) is 4.41. The Morgan fingerprint density at radius 3 is 2.56 bits per heavy atom. The Labute approximate surface area is 98.3 Å². The summed E-state index contributed by atoms with van der Waals surface area (Å²) in [6, 6.07) is 0. The van der Waals surface area contributed by atoms with E-state index in [1.54, 1.807) is 14.2 Å². The molecule has 0 aliphatic carbocycles. The van der Waals surface area contributed by atoms with E-state index in [9.17, 15) is 0 Å². The molecule has 2 unspecified atom stereocenters. The van der Waals surface area contributed by atoms with Gasteiger partial charge in [0.05, 0.1) is 6.54 Å². The molecule has 94 valence electrons. The summed E-state index contributed by atoms with van der Waals surface area (Å²) in [4.78, 5) is 2.51. The van der Waals surface area contributed by atoms with E-state index in [-0.39, 0.29) is 11.8 Å². The Bertz CT molecular complexity index is 241. The summed E-state index contributed by atoms with van der Waals surface area (Å²) >= 11 is 0. The van der Waals surface area contributed by atoms with Crippen molar-refractivity contribution in [1.29, 1.82) is 0 Å². The van der Waals surface area contributed by atoms with Crippen molar-refractivity contribution in [2.45, 2.75) is 25.7 Å². The highest BCUT2D eigenvalue weighted by molar-refractivity contribution is 5.04. The first-order valence-electron chi connectivity index (χ1n) is 6.11.